The average molecular weight is 267 g/mol. The van der Waals surface area contributed by atoms with Crippen LogP contribution in [-0.2, 0) is 7.05 Å². The van der Waals surface area contributed by atoms with Crippen molar-refractivity contribution in [2.24, 2.45) is 24.6 Å². The highest BCUT2D eigenvalue weighted by Crippen LogP contribution is 2.32. The van der Waals surface area contributed by atoms with Crippen molar-refractivity contribution in [2.45, 2.75) is 20.3 Å². The second kappa shape index (κ2) is 5.16. The van der Waals surface area contributed by atoms with E-state index >= 15 is 0 Å². The maximum absolute atomic E-state index is 11.1. The molecular weight excluding hydrogens is 246 g/mol. The van der Waals surface area contributed by atoms with E-state index in [0.29, 0.717) is 30.0 Å². The second-order valence-corrected chi connectivity index (χ2v) is 5.33. The summed E-state index contributed by atoms with van der Waals surface area (Å²) in [5.74, 6) is 2.15. The minimum absolute atomic E-state index is 0.0506. The van der Waals surface area contributed by atoms with Crippen LogP contribution in [0.15, 0.2) is 0 Å². The SMILES string of the molecule is Cc1nc([N+](=O)[O-])c(N2CCC(C)C(CN)C2)n1C. The molecule has 1 fully saturated rings. The summed E-state index contributed by atoms with van der Waals surface area (Å²) >= 11 is 0. The molecule has 0 aliphatic carbocycles. The summed E-state index contributed by atoms with van der Waals surface area (Å²) in [4.78, 5) is 16.8. The summed E-state index contributed by atoms with van der Waals surface area (Å²) in [6, 6.07) is 0. The molecule has 0 spiro atoms. The van der Waals surface area contributed by atoms with Gasteiger partial charge >= 0.3 is 5.82 Å². The molecule has 1 aliphatic rings. The fourth-order valence-electron chi connectivity index (χ4n) is 2.71. The lowest BCUT2D eigenvalue weighted by Crippen LogP contribution is -2.43. The highest BCUT2D eigenvalue weighted by atomic mass is 16.6. The van der Waals surface area contributed by atoms with Crippen LogP contribution in [0.25, 0.3) is 0 Å². The van der Waals surface area contributed by atoms with E-state index in [0.717, 1.165) is 19.5 Å². The smallest absolute Gasteiger partial charge is 0.358 e. The molecule has 7 nitrogen and oxygen atoms in total. The Balaban J connectivity index is 2.34. The van der Waals surface area contributed by atoms with Crippen molar-refractivity contribution in [3.8, 4) is 0 Å². The van der Waals surface area contributed by atoms with Gasteiger partial charge in [-0.3, -0.25) is 4.57 Å². The van der Waals surface area contributed by atoms with Gasteiger partial charge in [0.15, 0.2) is 0 Å². The van der Waals surface area contributed by atoms with Crippen LogP contribution in [0, 0.1) is 28.9 Å². The zero-order valence-electron chi connectivity index (χ0n) is 11.7. The Labute approximate surface area is 112 Å². The Hall–Kier alpha value is -1.63. The van der Waals surface area contributed by atoms with E-state index in [1.807, 2.05) is 7.05 Å². The molecule has 7 heteroatoms. The molecule has 1 aliphatic heterocycles. The van der Waals surface area contributed by atoms with Crippen molar-refractivity contribution < 1.29 is 4.92 Å². The number of imidazole rings is 1. The lowest BCUT2D eigenvalue weighted by atomic mass is 9.87. The number of anilines is 1. The van der Waals surface area contributed by atoms with Gasteiger partial charge in [0.05, 0.1) is 0 Å². The molecule has 1 saturated heterocycles. The highest BCUT2D eigenvalue weighted by Gasteiger charge is 2.33. The lowest BCUT2D eigenvalue weighted by Gasteiger charge is -2.37. The largest absolute Gasteiger partial charge is 0.406 e. The van der Waals surface area contributed by atoms with Crippen molar-refractivity contribution >= 4 is 11.6 Å². The maximum atomic E-state index is 11.1. The van der Waals surface area contributed by atoms with Gasteiger partial charge in [0.25, 0.3) is 0 Å². The van der Waals surface area contributed by atoms with Crippen LogP contribution in [0.5, 0.6) is 0 Å². The Morgan fingerprint density at radius 1 is 1.58 bits per heavy atom. The molecule has 2 heterocycles. The van der Waals surface area contributed by atoms with Gasteiger partial charge in [0.2, 0.25) is 11.6 Å². The number of nitrogens with zero attached hydrogens (tertiary/aromatic N) is 4. The number of aryl methyl sites for hydroxylation is 1. The van der Waals surface area contributed by atoms with Crippen molar-refractivity contribution in [1.29, 1.82) is 0 Å². The van der Waals surface area contributed by atoms with E-state index in [1.54, 1.807) is 11.5 Å². The zero-order valence-corrected chi connectivity index (χ0v) is 11.7. The first kappa shape index (κ1) is 13.8. The maximum Gasteiger partial charge on any atom is 0.406 e. The van der Waals surface area contributed by atoms with E-state index in [-0.39, 0.29) is 5.82 Å². The summed E-state index contributed by atoms with van der Waals surface area (Å²) in [6.07, 6.45) is 1.00. The lowest BCUT2D eigenvalue weighted by molar-refractivity contribution is -0.388. The predicted octanol–water partition coefficient (Wildman–Crippen LogP) is 1.06. The standard InChI is InChI=1S/C12H21N5O2/c1-8-4-5-16(7-10(8)6-13)12-11(17(18)19)14-9(2)15(12)3/h8,10H,4-7,13H2,1-3H3. The first-order chi connectivity index (χ1) is 8.95. The van der Waals surface area contributed by atoms with Crippen LogP contribution >= 0.6 is 0 Å². The molecule has 0 radical (unpaired) electrons. The fraction of sp³-hybridized carbons (Fsp3) is 0.750. The van der Waals surface area contributed by atoms with E-state index in [1.165, 1.54) is 0 Å². The summed E-state index contributed by atoms with van der Waals surface area (Å²) in [5, 5.41) is 11.1. The van der Waals surface area contributed by atoms with Crippen molar-refractivity contribution in [3.05, 3.63) is 15.9 Å². The Morgan fingerprint density at radius 3 is 2.84 bits per heavy atom. The molecule has 2 N–H and O–H groups in total. The highest BCUT2D eigenvalue weighted by molar-refractivity contribution is 5.56. The molecule has 2 unspecified atom stereocenters. The van der Waals surface area contributed by atoms with Crippen LogP contribution in [0.2, 0.25) is 0 Å². The van der Waals surface area contributed by atoms with Gasteiger partial charge in [-0.05, 0) is 34.7 Å². The molecule has 2 rings (SSSR count). The molecule has 0 amide bonds. The van der Waals surface area contributed by atoms with Crippen LogP contribution in [-0.4, -0.2) is 34.1 Å². The normalized spacial score (nSPS) is 23.7. The summed E-state index contributed by atoms with van der Waals surface area (Å²) in [7, 11) is 1.82. The minimum atomic E-state index is -0.405. The van der Waals surface area contributed by atoms with Crippen molar-refractivity contribution in [1.82, 2.24) is 9.55 Å². The topological polar surface area (TPSA) is 90.2 Å². The van der Waals surface area contributed by atoms with Crippen molar-refractivity contribution in [2.75, 3.05) is 24.5 Å². The molecule has 0 saturated carbocycles. The first-order valence-electron chi connectivity index (χ1n) is 6.58. The summed E-state index contributed by atoms with van der Waals surface area (Å²) < 4.78 is 1.79. The number of rotatable bonds is 3. The van der Waals surface area contributed by atoms with Gasteiger partial charge in [-0.15, -0.1) is 0 Å². The van der Waals surface area contributed by atoms with Gasteiger partial charge in [-0.2, -0.15) is 0 Å². The van der Waals surface area contributed by atoms with Gasteiger partial charge in [-0.25, -0.2) is 0 Å². The molecule has 0 bridgehead atoms. The van der Waals surface area contributed by atoms with Crippen molar-refractivity contribution in [3.63, 3.8) is 0 Å². The molecular formula is C12H21N5O2. The Morgan fingerprint density at radius 2 is 2.26 bits per heavy atom. The first-order valence-corrected chi connectivity index (χ1v) is 6.58. The van der Waals surface area contributed by atoms with Crippen LogP contribution < -0.4 is 10.6 Å². The number of hydrogen-bond acceptors (Lipinski definition) is 5. The van der Waals surface area contributed by atoms with E-state index in [2.05, 4.69) is 16.8 Å². The number of aromatic nitrogens is 2. The van der Waals surface area contributed by atoms with Crippen LogP contribution in [0.4, 0.5) is 11.6 Å². The third-order valence-corrected chi connectivity index (χ3v) is 4.16. The van der Waals surface area contributed by atoms with Gasteiger partial charge in [0, 0.05) is 27.1 Å². The number of nitro groups is 1. The molecule has 106 valence electrons. The van der Waals surface area contributed by atoms with E-state index in [4.69, 9.17) is 5.73 Å². The second-order valence-electron chi connectivity index (χ2n) is 5.33. The number of hydrogen-bond donors (Lipinski definition) is 1. The van der Waals surface area contributed by atoms with Gasteiger partial charge < -0.3 is 20.7 Å². The van der Waals surface area contributed by atoms with Crippen LogP contribution in [0.3, 0.4) is 0 Å². The Bertz CT molecular complexity index is 485. The van der Waals surface area contributed by atoms with E-state index in [9.17, 15) is 10.1 Å². The molecule has 1 aromatic rings. The Kier molecular flexibility index (Phi) is 3.75. The quantitative estimate of drug-likeness (QED) is 0.653. The third-order valence-electron chi connectivity index (χ3n) is 4.16. The summed E-state index contributed by atoms with van der Waals surface area (Å²) in [5.41, 5.74) is 5.79. The molecule has 0 aromatic carbocycles. The van der Waals surface area contributed by atoms with Gasteiger partial charge in [-0.1, -0.05) is 6.92 Å². The minimum Gasteiger partial charge on any atom is -0.358 e. The number of nitrogens with two attached hydrogens (primary N) is 1. The molecule has 19 heavy (non-hydrogen) atoms. The predicted molar refractivity (Wildman–Crippen MR) is 73.1 cm³/mol. The fourth-order valence-corrected chi connectivity index (χ4v) is 2.71. The monoisotopic (exact) mass is 267 g/mol. The molecule has 2 atom stereocenters. The average Bonchev–Trinajstić information content (AvgIpc) is 2.67. The number of piperidine rings is 1. The summed E-state index contributed by atoms with van der Waals surface area (Å²) in [6.45, 7) is 6.17. The third kappa shape index (κ3) is 2.42. The zero-order chi connectivity index (χ0) is 14.2. The van der Waals surface area contributed by atoms with Gasteiger partial charge in [0.1, 0.15) is 0 Å². The van der Waals surface area contributed by atoms with E-state index < -0.39 is 4.92 Å². The molecule has 1 aromatic heterocycles. The van der Waals surface area contributed by atoms with Crippen LogP contribution in [0.1, 0.15) is 19.2 Å².